The van der Waals surface area contributed by atoms with Crippen LogP contribution in [0.25, 0.3) is 22.4 Å². The lowest BCUT2D eigenvalue weighted by Crippen LogP contribution is -2.59. The molecule has 3 N–H and O–H groups in total. The van der Waals surface area contributed by atoms with Crippen molar-refractivity contribution in [3.05, 3.63) is 24.4 Å². The van der Waals surface area contributed by atoms with Crippen LogP contribution in [0, 0.1) is 17.8 Å². The first-order valence-electron chi connectivity index (χ1n) is 10.2. The normalized spacial score (nSPS) is 32.8. The van der Waals surface area contributed by atoms with Crippen molar-refractivity contribution < 1.29 is 9.63 Å². The number of fused-ring (bicyclic) bond motifs is 1. The second kappa shape index (κ2) is 6.48. The first kappa shape index (κ1) is 19.2. The topological polar surface area (TPSA) is 99.9 Å². The van der Waals surface area contributed by atoms with E-state index in [9.17, 15) is 5.11 Å². The largest absolute Gasteiger partial charge is 0.390 e. The third-order valence-electron chi connectivity index (χ3n) is 7.05. The van der Waals surface area contributed by atoms with Gasteiger partial charge in [0.2, 0.25) is 5.82 Å². The Balaban J connectivity index is 1.41. The number of nitrogens with one attached hydrogen (secondary N) is 2. The summed E-state index contributed by atoms with van der Waals surface area (Å²) in [6.45, 7) is 0. The fourth-order valence-electron chi connectivity index (χ4n) is 6.16. The molecule has 30 heavy (non-hydrogen) atoms. The highest BCUT2D eigenvalue weighted by Gasteiger charge is 2.54. The molecule has 4 fully saturated rings. The van der Waals surface area contributed by atoms with Gasteiger partial charge in [0.15, 0.2) is 0 Å². The first-order chi connectivity index (χ1) is 14.3. The summed E-state index contributed by atoms with van der Waals surface area (Å²) in [5, 5.41) is 19.7. The minimum absolute atomic E-state index is 0.0838. The number of halogens is 3. The van der Waals surface area contributed by atoms with Crippen molar-refractivity contribution in [3.8, 4) is 11.4 Å². The Bertz CT molecular complexity index is 1110. The van der Waals surface area contributed by atoms with E-state index in [1.807, 2.05) is 12.3 Å². The first-order valence-corrected chi connectivity index (χ1v) is 11.3. The molecule has 1 unspecified atom stereocenters. The molecule has 3 aromatic heterocycles. The quantitative estimate of drug-likeness (QED) is 0.478. The molecule has 7 nitrogen and oxygen atoms in total. The maximum Gasteiger partial charge on any atom is 0.279 e. The minimum atomic E-state index is -1.79. The highest BCUT2D eigenvalue weighted by atomic mass is 35.6. The molecular formula is C20H20Cl3N5O2. The van der Waals surface area contributed by atoms with E-state index < -0.39 is 9.39 Å². The summed E-state index contributed by atoms with van der Waals surface area (Å²) in [7, 11) is 0. The van der Waals surface area contributed by atoms with Crippen molar-refractivity contribution >= 4 is 51.5 Å². The van der Waals surface area contributed by atoms with Gasteiger partial charge in [-0.15, -0.1) is 0 Å². The maximum absolute atomic E-state index is 10.9. The maximum atomic E-state index is 10.9. The number of anilines is 1. The third kappa shape index (κ3) is 3.01. The zero-order chi connectivity index (χ0) is 20.7. The van der Waals surface area contributed by atoms with Crippen LogP contribution in [-0.2, 0) is 3.79 Å². The van der Waals surface area contributed by atoms with Gasteiger partial charge in [-0.25, -0.2) is 4.98 Å². The van der Waals surface area contributed by atoms with Crippen molar-refractivity contribution in [3.63, 3.8) is 0 Å². The lowest BCUT2D eigenvalue weighted by molar-refractivity contribution is -0.129. The second-order valence-electron chi connectivity index (χ2n) is 9.07. The monoisotopic (exact) mass is 467 g/mol. The van der Waals surface area contributed by atoms with Crippen LogP contribution in [0.5, 0.6) is 0 Å². The Morgan fingerprint density at radius 2 is 1.97 bits per heavy atom. The van der Waals surface area contributed by atoms with Gasteiger partial charge in [-0.1, -0.05) is 40.0 Å². The Hall–Kier alpha value is -1.54. The van der Waals surface area contributed by atoms with E-state index >= 15 is 0 Å². The molecule has 5 atom stereocenters. The van der Waals surface area contributed by atoms with E-state index in [-0.39, 0.29) is 11.9 Å². The van der Waals surface area contributed by atoms with Crippen LogP contribution in [0.2, 0.25) is 0 Å². The fraction of sp³-hybridized carbons (Fsp3) is 0.550. The molecular weight excluding hydrogens is 449 g/mol. The van der Waals surface area contributed by atoms with Gasteiger partial charge in [0.1, 0.15) is 5.65 Å². The number of H-pyrrole nitrogens is 1. The van der Waals surface area contributed by atoms with Crippen LogP contribution in [0.3, 0.4) is 0 Å². The van der Waals surface area contributed by atoms with Gasteiger partial charge in [-0.05, 0) is 55.9 Å². The number of hydrogen-bond donors (Lipinski definition) is 3. The predicted molar refractivity (Wildman–Crippen MR) is 115 cm³/mol. The zero-order valence-electron chi connectivity index (χ0n) is 15.9. The summed E-state index contributed by atoms with van der Waals surface area (Å²) in [5.74, 6) is 1.76. The third-order valence-corrected chi connectivity index (χ3v) is 7.53. The van der Waals surface area contributed by atoms with Crippen LogP contribution >= 0.6 is 34.8 Å². The van der Waals surface area contributed by atoms with Gasteiger partial charge >= 0.3 is 0 Å². The van der Waals surface area contributed by atoms with Crippen LogP contribution in [0.1, 0.15) is 38.0 Å². The van der Waals surface area contributed by atoms with Crippen molar-refractivity contribution in [2.75, 3.05) is 5.32 Å². The SMILES string of the molecule is O[C@]12CC3C[C@H](C1)[C@H](Nc1c(-c4noc(C(Cl)(Cl)Cl)n4)cnc4[nH]ccc14)[C@@H](C3)C2. The molecule has 0 aliphatic heterocycles. The van der Waals surface area contributed by atoms with E-state index in [2.05, 4.69) is 25.4 Å². The van der Waals surface area contributed by atoms with Gasteiger partial charge in [0.05, 0.1) is 16.9 Å². The molecule has 4 bridgehead atoms. The predicted octanol–water partition coefficient (Wildman–Crippen LogP) is 4.79. The highest BCUT2D eigenvalue weighted by Crippen LogP contribution is 2.56. The smallest absolute Gasteiger partial charge is 0.279 e. The summed E-state index contributed by atoms with van der Waals surface area (Å²) in [4.78, 5) is 11.9. The highest BCUT2D eigenvalue weighted by molar-refractivity contribution is 6.66. The molecule has 0 amide bonds. The number of aromatic amines is 1. The van der Waals surface area contributed by atoms with Crippen LogP contribution in [0.4, 0.5) is 5.69 Å². The molecule has 4 aliphatic rings. The Kier molecular flexibility index (Phi) is 4.14. The number of aromatic nitrogens is 4. The number of pyridine rings is 1. The molecule has 0 spiro atoms. The average molecular weight is 469 g/mol. The summed E-state index contributed by atoms with van der Waals surface area (Å²) in [6.07, 6.45) is 8.55. The molecule has 3 aromatic rings. The van der Waals surface area contributed by atoms with E-state index in [4.69, 9.17) is 39.3 Å². The molecule has 7 rings (SSSR count). The molecule has 10 heteroatoms. The molecule has 4 saturated carbocycles. The van der Waals surface area contributed by atoms with Crippen LogP contribution in [-0.4, -0.2) is 36.9 Å². The van der Waals surface area contributed by atoms with E-state index in [0.29, 0.717) is 29.1 Å². The molecule has 3 heterocycles. The lowest BCUT2D eigenvalue weighted by atomic mass is 9.52. The molecule has 158 valence electrons. The van der Waals surface area contributed by atoms with Gasteiger partial charge in [-0.2, -0.15) is 4.98 Å². The van der Waals surface area contributed by atoms with E-state index in [0.717, 1.165) is 48.8 Å². The van der Waals surface area contributed by atoms with Gasteiger partial charge < -0.3 is 19.9 Å². The average Bonchev–Trinajstić information content (AvgIpc) is 3.32. The summed E-state index contributed by atoms with van der Waals surface area (Å²) < 4.78 is 3.39. The van der Waals surface area contributed by atoms with Crippen LogP contribution < -0.4 is 5.32 Å². The summed E-state index contributed by atoms with van der Waals surface area (Å²) >= 11 is 17.7. The van der Waals surface area contributed by atoms with E-state index in [1.165, 1.54) is 0 Å². The fourth-order valence-corrected chi connectivity index (χ4v) is 6.39. The van der Waals surface area contributed by atoms with Crippen molar-refractivity contribution in [2.45, 2.75) is 47.5 Å². The van der Waals surface area contributed by atoms with Crippen molar-refractivity contribution in [2.24, 2.45) is 17.8 Å². The Morgan fingerprint density at radius 3 is 2.63 bits per heavy atom. The number of hydrogen-bond acceptors (Lipinski definition) is 6. The number of nitrogens with zero attached hydrogens (tertiary/aromatic N) is 3. The van der Waals surface area contributed by atoms with Gasteiger partial charge in [-0.3, -0.25) is 0 Å². The van der Waals surface area contributed by atoms with Gasteiger partial charge in [0.25, 0.3) is 9.68 Å². The van der Waals surface area contributed by atoms with Crippen LogP contribution in [0.15, 0.2) is 23.0 Å². The zero-order valence-corrected chi connectivity index (χ0v) is 18.2. The number of aliphatic hydroxyl groups is 1. The van der Waals surface area contributed by atoms with Crippen molar-refractivity contribution in [1.82, 2.24) is 20.1 Å². The summed E-state index contributed by atoms with van der Waals surface area (Å²) in [5.41, 5.74) is 1.88. The van der Waals surface area contributed by atoms with Gasteiger partial charge in [0, 0.05) is 23.8 Å². The lowest BCUT2D eigenvalue weighted by Gasteiger charge is -2.58. The number of rotatable bonds is 3. The Labute approximate surface area is 187 Å². The molecule has 0 saturated heterocycles. The molecule has 0 radical (unpaired) electrons. The minimum Gasteiger partial charge on any atom is -0.390 e. The second-order valence-corrected chi connectivity index (χ2v) is 11.4. The van der Waals surface area contributed by atoms with E-state index in [1.54, 1.807) is 6.20 Å². The standard InChI is InChI=1S/C20H20Cl3N5O2/c21-20(22,23)18-27-17(28-30-18)13-8-25-16-12(1-2-24-16)15(13)26-14-10-3-9-4-11(14)7-19(29,5-9)6-10/h1-2,8-11,14,29H,3-7H2,(H2,24,25,26)/t9?,10-,11+,14+,19-. The summed E-state index contributed by atoms with van der Waals surface area (Å²) in [6, 6.07) is 2.26. The number of alkyl halides is 3. The molecule has 4 aliphatic carbocycles. The van der Waals surface area contributed by atoms with Crippen molar-refractivity contribution in [1.29, 1.82) is 0 Å². The Morgan fingerprint density at radius 1 is 1.20 bits per heavy atom. The molecule has 0 aromatic carbocycles.